The van der Waals surface area contributed by atoms with Crippen LogP contribution in [0.15, 0.2) is 12.2 Å². The molecule has 1 saturated carbocycles. The fourth-order valence-electron chi connectivity index (χ4n) is 6.58. The van der Waals surface area contributed by atoms with Gasteiger partial charge in [0.25, 0.3) is 5.91 Å². The third kappa shape index (κ3) is 1.97. The molecule has 2 unspecified atom stereocenters. The second kappa shape index (κ2) is 5.55. The highest BCUT2D eigenvalue weighted by molar-refractivity contribution is 5.95. The predicted octanol–water partition coefficient (Wildman–Crippen LogP) is 0.183. The standard InChI is InChI=1S/C20H27NO6/c1-10-6-7-11-4-2-3-5-12(11)14(10)15(22)19(25)17-20(26)13(16(23)27-17)8-9-21(20)18(19)24/h6-7,10-15,17,22,25-26H,2-5,8-9H2,1H3/t10-,11+,12-,13-,14?,15?,17-,19-,20+/m0/s1. The minimum Gasteiger partial charge on any atom is -0.453 e. The van der Waals surface area contributed by atoms with E-state index < -0.39 is 41.3 Å². The van der Waals surface area contributed by atoms with Crippen LogP contribution in [0.3, 0.4) is 0 Å². The number of nitrogens with zero attached hydrogens (tertiary/aromatic N) is 1. The number of fused-ring (bicyclic) bond motifs is 1. The Morgan fingerprint density at radius 2 is 1.93 bits per heavy atom. The molecule has 4 fully saturated rings. The summed E-state index contributed by atoms with van der Waals surface area (Å²) in [6, 6.07) is 0. The summed E-state index contributed by atoms with van der Waals surface area (Å²) in [4.78, 5) is 26.5. The number of esters is 1. The molecule has 1 amide bonds. The fourth-order valence-corrected chi connectivity index (χ4v) is 6.58. The Kier molecular flexibility index (Phi) is 3.63. The van der Waals surface area contributed by atoms with E-state index in [2.05, 4.69) is 12.2 Å². The molecular formula is C20H27NO6. The highest BCUT2D eigenvalue weighted by Crippen LogP contribution is 2.56. The summed E-state index contributed by atoms with van der Waals surface area (Å²) in [6.07, 6.45) is 5.92. The van der Waals surface area contributed by atoms with Crippen molar-refractivity contribution >= 4 is 11.9 Å². The molecule has 0 aromatic heterocycles. The third-order valence-corrected chi connectivity index (χ3v) is 7.93. The lowest BCUT2D eigenvalue weighted by Crippen LogP contribution is -2.62. The summed E-state index contributed by atoms with van der Waals surface area (Å²) in [5.74, 6) is -2.01. The van der Waals surface area contributed by atoms with Crippen molar-refractivity contribution in [2.75, 3.05) is 6.54 Å². The van der Waals surface area contributed by atoms with Crippen molar-refractivity contribution < 1.29 is 29.6 Å². The summed E-state index contributed by atoms with van der Waals surface area (Å²) in [7, 11) is 0. The van der Waals surface area contributed by atoms with E-state index in [1.807, 2.05) is 6.92 Å². The number of aliphatic hydroxyl groups is 3. The van der Waals surface area contributed by atoms with Crippen molar-refractivity contribution in [2.24, 2.45) is 29.6 Å². The molecule has 0 bridgehead atoms. The second-order valence-corrected chi connectivity index (χ2v) is 9.10. The summed E-state index contributed by atoms with van der Waals surface area (Å²) in [5.41, 5.74) is -4.14. The van der Waals surface area contributed by atoms with Gasteiger partial charge in [-0.1, -0.05) is 31.9 Å². The predicted molar refractivity (Wildman–Crippen MR) is 92.8 cm³/mol. The Balaban J connectivity index is 1.54. The first-order valence-corrected chi connectivity index (χ1v) is 10.1. The van der Waals surface area contributed by atoms with Gasteiger partial charge in [0.05, 0.1) is 6.10 Å². The summed E-state index contributed by atoms with van der Waals surface area (Å²) < 4.78 is 5.31. The van der Waals surface area contributed by atoms with Crippen LogP contribution in [0.2, 0.25) is 0 Å². The van der Waals surface area contributed by atoms with Gasteiger partial charge in [-0.15, -0.1) is 0 Å². The monoisotopic (exact) mass is 377 g/mol. The number of rotatable bonds is 2. The summed E-state index contributed by atoms with van der Waals surface area (Å²) >= 11 is 0. The van der Waals surface area contributed by atoms with Gasteiger partial charge in [-0.25, -0.2) is 0 Å². The van der Waals surface area contributed by atoms with Crippen LogP contribution in [0.25, 0.3) is 0 Å². The van der Waals surface area contributed by atoms with Crippen molar-refractivity contribution in [3.05, 3.63) is 12.2 Å². The lowest BCUT2D eigenvalue weighted by Gasteiger charge is -2.46. The average Bonchev–Trinajstić information content (AvgIpc) is 3.19. The van der Waals surface area contributed by atoms with E-state index in [0.29, 0.717) is 12.3 Å². The van der Waals surface area contributed by atoms with E-state index in [1.54, 1.807) is 0 Å². The third-order valence-electron chi connectivity index (χ3n) is 7.93. The molecule has 5 aliphatic rings. The molecule has 2 aliphatic carbocycles. The zero-order valence-corrected chi connectivity index (χ0v) is 15.5. The van der Waals surface area contributed by atoms with E-state index in [4.69, 9.17) is 4.74 Å². The van der Waals surface area contributed by atoms with Crippen molar-refractivity contribution in [3.63, 3.8) is 0 Å². The first kappa shape index (κ1) is 17.6. The number of ether oxygens (including phenoxy) is 1. The quantitative estimate of drug-likeness (QED) is 0.468. The fraction of sp³-hybridized carbons (Fsp3) is 0.800. The van der Waals surface area contributed by atoms with Crippen molar-refractivity contribution in [1.29, 1.82) is 0 Å². The molecule has 0 aromatic carbocycles. The van der Waals surface area contributed by atoms with Crippen LogP contribution in [0.5, 0.6) is 0 Å². The number of aliphatic hydroxyl groups excluding tert-OH is 1. The summed E-state index contributed by atoms with van der Waals surface area (Å²) in [6.45, 7) is 2.17. The lowest BCUT2D eigenvalue weighted by atomic mass is 9.61. The minimum atomic E-state index is -2.30. The average molecular weight is 377 g/mol. The van der Waals surface area contributed by atoms with Crippen LogP contribution in [-0.4, -0.2) is 62.2 Å². The van der Waals surface area contributed by atoms with E-state index >= 15 is 0 Å². The van der Waals surface area contributed by atoms with Crippen LogP contribution in [0.4, 0.5) is 0 Å². The van der Waals surface area contributed by atoms with Crippen LogP contribution in [-0.2, 0) is 14.3 Å². The topological polar surface area (TPSA) is 107 Å². The molecule has 0 spiro atoms. The number of carbonyl (C=O) groups excluding carboxylic acids is 2. The number of hydrogen-bond donors (Lipinski definition) is 3. The zero-order chi connectivity index (χ0) is 19.1. The first-order chi connectivity index (χ1) is 12.8. The maximum Gasteiger partial charge on any atom is 0.314 e. The summed E-state index contributed by atoms with van der Waals surface area (Å²) in [5, 5.41) is 33.9. The molecule has 0 radical (unpaired) electrons. The highest BCUT2D eigenvalue weighted by Gasteiger charge is 2.80. The Morgan fingerprint density at radius 1 is 1.19 bits per heavy atom. The van der Waals surface area contributed by atoms with Gasteiger partial charge in [0.1, 0.15) is 5.92 Å². The van der Waals surface area contributed by atoms with E-state index in [1.165, 1.54) is 0 Å². The van der Waals surface area contributed by atoms with Gasteiger partial charge < -0.3 is 25.0 Å². The van der Waals surface area contributed by atoms with E-state index in [-0.39, 0.29) is 24.3 Å². The van der Waals surface area contributed by atoms with Gasteiger partial charge in [0.15, 0.2) is 11.8 Å². The van der Waals surface area contributed by atoms with Crippen LogP contribution in [0.1, 0.15) is 39.0 Å². The van der Waals surface area contributed by atoms with Gasteiger partial charge >= 0.3 is 5.97 Å². The number of allylic oxidation sites excluding steroid dienone is 2. The molecule has 7 heteroatoms. The number of carbonyl (C=O) groups is 2. The zero-order valence-electron chi connectivity index (χ0n) is 15.5. The molecule has 3 N–H and O–H groups in total. The molecule has 27 heavy (non-hydrogen) atoms. The molecule has 148 valence electrons. The Hall–Kier alpha value is -1.44. The maximum atomic E-state index is 13.1. The van der Waals surface area contributed by atoms with Gasteiger partial charge in [0, 0.05) is 6.54 Å². The maximum absolute atomic E-state index is 13.1. The van der Waals surface area contributed by atoms with Crippen molar-refractivity contribution in [2.45, 2.75) is 62.6 Å². The number of amides is 1. The molecule has 3 saturated heterocycles. The molecule has 5 rings (SSSR count). The van der Waals surface area contributed by atoms with Gasteiger partial charge in [-0.05, 0) is 42.9 Å². The van der Waals surface area contributed by atoms with Crippen molar-refractivity contribution in [1.82, 2.24) is 4.90 Å². The molecule has 7 nitrogen and oxygen atoms in total. The van der Waals surface area contributed by atoms with Crippen LogP contribution >= 0.6 is 0 Å². The number of hydrogen-bond acceptors (Lipinski definition) is 6. The largest absolute Gasteiger partial charge is 0.453 e. The minimum absolute atomic E-state index is 0.0193. The Morgan fingerprint density at radius 3 is 2.70 bits per heavy atom. The second-order valence-electron chi connectivity index (χ2n) is 9.10. The normalized spacial score (nSPS) is 51.9. The van der Waals surface area contributed by atoms with Gasteiger partial charge in [-0.3, -0.25) is 9.59 Å². The molecule has 3 aliphatic heterocycles. The highest BCUT2D eigenvalue weighted by atomic mass is 16.6. The molecule has 0 aromatic rings. The molecular weight excluding hydrogens is 350 g/mol. The smallest absolute Gasteiger partial charge is 0.314 e. The van der Waals surface area contributed by atoms with E-state index in [9.17, 15) is 24.9 Å². The van der Waals surface area contributed by atoms with Crippen molar-refractivity contribution in [3.8, 4) is 0 Å². The Labute approximate surface area is 158 Å². The molecule has 9 atom stereocenters. The lowest BCUT2D eigenvalue weighted by molar-refractivity contribution is -0.194. The Bertz CT molecular complexity index is 723. The molecule has 3 heterocycles. The van der Waals surface area contributed by atoms with Crippen LogP contribution < -0.4 is 0 Å². The SMILES string of the molecule is C[C@H]1C=C[C@H]2CCCC[C@@H]2C1C(O)[C@@]1(O)C(=O)N2CC[C@H]3C(=O)O[C@@H]1[C@]32O. The van der Waals surface area contributed by atoms with Gasteiger partial charge in [0.2, 0.25) is 5.60 Å². The van der Waals surface area contributed by atoms with E-state index in [0.717, 1.165) is 30.6 Å². The van der Waals surface area contributed by atoms with Crippen LogP contribution in [0, 0.1) is 29.6 Å². The van der Waals surface area contributed by atoms with Gasteiger partial charge in [-0.2, -0.15) is 0 Å². The first-order valence-electron chi connectivity index (χ1n) is 10.1.